The fraction of sp³-hybridized carbons (Fsp3) is 0.200. The molecule has 22 heavy (non-hydrogen) atoms. The average Bonchev–Trinajstić information content (AvgIpc) is 2.49. The number of anilines is 1. The summed E-state index contributed by atoms with van der Waals surface area (Å²) in [5.74, 6) is -0.328. The molecule has 0 spiro atoms. The standard InChI is InChI=1S/C15H15ClN2O3S/c1-2-9-22(20,21)14-8-3-11(10-17-14)15(19)18-13-6-4-12(16)5-7-13/h3-8,10H,2,9H2,1H3,(H,18,19). The number of carbonyl (C=O) groups is 1. The molecule has 0 aliphatic rings. The largest absolute Gasteiger partial charge is 0.322 e. The van der Waals surface area contributed by atoms with Gasteiger partial charge >= 0.3 is 0 Å². The number of nitrogens with zero attached hydrogens (tertiary/aromatic N) is 1. The van der Waals surface area contributed by atoms with Gasteiger partial charge < -0.3 is 5.32 Å². The van der Waals surface area contributed by atoms with Crippen LogP contribution in [0.3, 0.4) is 0 Å². The molecule has 0 unspecified atom stereocenters. The molecule has 1 aromatic heterocycles. The number of hydrogen-bond acceptors (Lipinski definition) is 4. The first-order valence-electron chi connectivity index (χ1n) is 6.68. The molecule has 7 heteroatoms. The van der Waals surface area contributed by atoms with Crippen molar-refractivity contribution in [3.8, 4) is 0 Å². The minimum atomic E-state index is -3.37. The molecule has 0 radical (unpaired) electrons. The van der Waals surface area contributed by atoms with Crippen LogP contribution in [0.4, 0.5) is 5.69 Å². The lowest BCUT2D eigenvalue weighted by Gasteiger charge is -2.06. The second kappa shape index (κ2) is 6.89. The zero-order valence-electron chi connectivity index (χ0n) is 11.9. The summed E-state index contributed by atoms with van der Waals surface area (Å²) in [4.78, 5) is 15.9. The maximum atomic E-state index is 12.1. The molecule has 1 amide bonds. The molecule has 0 bridgehead atoms. The molecule has 0 saturated carbocycles. The van der Waals surface area contributed by atoms with E-state index in [1.165, 1.54) is 18.3 Å². The Labute approximate surface area is 134 Å². The highest BCUT2D eigenvalue weighted by Gasteiger charge is 2.15. The van der Waals surface area contributed by atoms with E-state index in [-0.39, 0.29) is 22.2 Å². The highest BCUT2D eigenvalue weighted by atomic mass is 35.5. The summed E-state index contributed by atoms with van der Waals surface area (Å²) in [5.41, 5.74) is 0.877. The second-order valence-electron chi connectivity index (χ2n) is 4.67. The Morgan fingerprint density at radius 2 is 1.86 bits per heavy atom. The van der Waals surface area contributed by atoms with E-state index in [0.29, 0.717) is 17.1 Å². The maximum Gasteiger partial charge on any atom is 0.257 e. The Bertz CT molecular complexity index is 756. The van der Waals surface area contributed by atoms with Gasteiger partial charge in [0.05, 0.1) is 11.3 Å². The van der Waals surface area contributed by atoms with Crippen LogP contribution in [-0.2, 0) is 9.84 Å². The average molecular weight is 339 g/mol. The monoisotopic (exact) mass is 338 g/mol. The topological polar surface area (TPSA) is 76.1 Å². The number of amides is 1. The van der Waals surface area contributed by atoms with Gasteiger partial charge in [0.15, 0.2) is 14.9 Å². The Morgan fingerprint density at radius 1 is 1.18 bits per heavy atom. The van der Waals surface area contributed by atoms with Crippen molar-refractivity contribution >= 4 is 33.0 Å². The minimum Gasteiger partial charge on any atom is -0.322 e. The van der Waals surface area contributed by atoms with Crippen LogP contribution >= 0.6 is 11.6 Å². The van der Waals surface area contributed by atoms with Gasteiger partial charge in [-0.15, -0.1) is 0 Å². The molecule has 0 aliphatic heterocycles. The molecular formula is C15H15ClN2O3S. The van der Waals surface area contributed by atoms with E-state index in [1.807, 2.05) is 0 Å². The Balaban J connectivity index is 2.13. The van der Waals surface area contributed by atoms with Crippen molar-refractivity contribution in [2.75, 3.05) is 11.1 Å². The molecule has 0 saturated heterocycles. The van der Waals surface area contributed by atoms with Crippen molar-refractivity contribution < 1.29 is 13.2 Å². The van der Waals surface area contributed by atoms with Crippen LogP contribution in [0.15, 0.2) is 47.6 Å². The molecule has 0 aliphatic carbocycles. The van der Waals surface area contributed by atoms with Gasteiger partial charge in [0.25, 0.3) is 5.91 Å². The summed E-state index contributed by atoms with van der Waals surface area (Å²) in [5, 5.41) is 3.24. The minimum absolute atomic E-state index is 0.0163. The lowest BCUT2D eigenvalue weighted by molar-refractivity contribution is 0.102. The number of rotatable bonds is 5. The number of pyridine rings is 1. The lowest BCUT2D eigenvalue weighted by Crippen LogP contribution is -2.13. The van der Waals surface area contributed by atoms with Gasteiger partial charge in [0, 0.05) is 16.9 Å². The molecule has 1 heterocycles. The third-order valence-corrected chi connectivity index (χ3v) is 4.97. The van der Waals surface area contributed by atoms with Crippen molar-refractivity contribution in [2.24, 2.45) is 0 Å². The molecule has 2 aromatic rings. The second-order valence-corrected chi connectivity index (χ2v) is 7.16. The van der Waals surface area contributed by atoms with E-state index >= 15 is 0 Å². The fourth-order valence-corrected chi connectivity index (χ4v) is 3.17. The molecule has 2 rings (SSSR count). The van der Waals surface area contributed by atoms with E-state index in [4.69, 9.17) is 11.6 Å². The van der Waals surface area contributed by atoms with Gasteiger partial charge in [-0.05, 0) is 42.8 Å². The van der Waals surface area contributed by atoms with E-state index in [1.54, 1.807) is 31.2 Å². The summed E-state index contributed by atoms with van der Waals surface area (Å²) >= 11 is 5.77. The highest BCUT2D eigenvalue weighted by Crippen LogP contribution is 2.15. The molecule has 1 N–H and O–H groups in total. The lowest BCUT2D eigenvalue weighted by atomic mass is 10.2. The van der Waals surface area contributed by atoms with Gasteiger partial charge in [0.2, 0.25) is 0 Å². The summed E-state index contributed by atoms with van der Waals surface area (Å²) in [6.45, 7) is 1.78. The fourth-order valence-electron chi connectivity index (χ4n) is 1.81. The van der Waals surface area contributed by atoms with E-state index < -0.39 is 9.84 Å². The molecule has 0 atom stereocenters. The Hall–Kier alpha value is -1.92. The maximum absolute atomic E-state index is 12.1. The van der Waals surface area contributed by atoms with Crippen LogP contribution in [-0.4, -0.2) is 25.1 Å². The van der Waals surface area contributed by atoms with Crippen molar-refractivity contribution in [3.63, 3.8) is 0 Å². The number of carbonyl (C=O) groups excluding carboxylic acids is 1. The van der Waals surface area contributed by atoms with Crippen molar-refractivity contribution in [2.45, 2.75) is 18.4 Å². The summed E-state index contributed by atoms with van der Waals surface area (Å²) < 4.78 is 23.7. The van der Waals surface area contributed by atoms with Gasteiger partial charge in [-0.1, -0.05) is 18.5 Å². The van der Waals surface area contributed by atoms with Crippen LogP contribution in [0.1, 0.15) is 23.7 Å². The molecule has 5 nitrogen and oxygen atoms in total. The first kappa shape index (κ1) is 16.5. The van der Waals surface area contributed by atoms with Crippen LogP contribution in [0.25, 0.3) is 0 Å². The Kier molecular flexibility index (Phi) is 5.15. The zero-order chi connectivity index (χ0) is 16.2. The number of halogens is 1. The summed E-state index contributed by atoms with van der Waals surface area (Å²) in [6, 6.07) is 9.47. The van der Waals surface area contributed by atoms with Gasteiger partial charge in [-0.2, -0.15) is 0 Å². The first-order valence-corrected chi connectivity index (χ1v) is 8.71. The van der Waals surface area contributed by atoms with Crippen LogP contribution < -0.4 is 5.32 Å². The van der Waals surface area contributed by atoms with Gasteiger partial charge in [0.1, 0.15) is 0 Å². The normalized spacial score (nSPS) is 11.2. The molecule has 116 valence electrons. The van der Waals surface area contributed by atoms with Gasteiger partial charge in [-0.3, -0.25) is 4.79 Å². The highest BCUT2D eigenvalue weighted by molar-refractivity contribution is 7.91. The number of nitrogens with one attached hydrogen (secondary N) is 1. The van der Waals surface area contributed by atoms with Crippen LogP contribution in [0.2, 0.25) is 5.02 Å². The number of benzene rings is 1. The number of aromatic nitrogens is 1. The quantitative estimate of drug-likeness (QED) is 0.908. The van der Waals surface area contributed by atoms with Crippen molar-refractivity contribution in [3.05, 3.63) is 53.2 Å². The molecule has 1 aromatic carbocycles. The van der Waals surface area contributed by atoms with Crippen LogP contribution in [0, 0.1) is 0 Å². The predicted octanol–water partition coefficient (Wildman–Crippen LogP) is 3.17. The Morgan fingerprint density at radius 3 is 2.41 bits per heavy atom. The number of sulfone groups is 1. The van der Waals surface area contributed by atoms with Crippen LogP contribution in [0.5, 0.6) is 0 Å². The zero-order valence-corrected chi connectivity index (χ0v) is 13.5. The first-order chi connectivity index (χ1) is 10.4. The molecular weight excluding hydrogens is 324 g/mol. The van der Waals surface area contributed by atoms with Crippen molar-refractivity contribution in [1.82, 2.24) is 4.98 Å². The smallest absolute Gasteiger partial charge is 0.257 e. The SMILES string of the molecule is CCCS(=O)(=O)c1ccc(C(=O)Nc2ccc(Cl)cc2)cn1. The predicted molar refractivity (Wildman–Crippen MR) is 86.0 cm³/mol. The van der Waals surface area contributed by atoms with Gasteiger partial charge in [-0.25, -0.2) is 13.4 Å². The third kappa shape index (κ3) is 4.05. The number of hydrogen-bond donors (Lipinski definition) is 1. The van der Waals surface area contributed by atoms with Crippen molar-refractivity contribution in [1.29, 1.82) is 0 Å². The third-order valence-electron chi connectivity index (χ3n) is 2.89. The summed E-state index contributed by atoms with van der Waals surface area (Å²) in [6.07, 6.45) is 1.77. The summed E-state index contributed by atoms with van der Waals surface area (Å²) in [7, 11) is -3.37. The van der Waals surface area contributed by atoms with E-state index in [0.717, 1.165) is 0 Å². The molecule has 0 fully saturated rings. The van der Waals surface area contributed by atoms with E-state index in [9.17, 15) is 13.2 Å². The van der Waals surface area contributed by atoms with E-state index in [2.05, 4.69) is 10.3 Å².